The van der Waals surface area contributed by atoms with Crippen LogP contribution < -0.4 is 11.2 Å². The van der Waals surface area contributed by atoms with Gasteiger partial charge in [0.2, 0.25) is 0 Å². The maximum Gasteiger partial charge on any atom is 0.332 e. The van der Waals surface area contributed by atoms with Crippen molar-refractivity contribution in [3.8, 4) is 0 Å². The van der Waals surface area contributed by atoms with Gasteiger partial charge < -0.3 is 4.74 Å². The molecule has 0 aliphatic rings. The molecular weight excluding hydrogens is 334 g/mol. The number of carbonyl (C=O) groups excluding carboxylic acids is 2. The molecule has 24 heavy (non-hydrogen) atoms. The van der Waals surface area contributed by atoms with E-state index >= 15 is 0 Å². The van der Waals surface area contributed by atoms with Crippen molar-refractivity contribution < 1.29 is 14.3 Å². The number of esters is 1. The minimum absolute atomic E-state index is 0.0178. The van der Waals surface area contributed by atoms with Crippen LogP contribution in [0.25, 0.3) is 11.0 Å². The van der Waals surface area contributed by atoms with E-state index in [1.54, 1.807) is 13.0 Å². The third-order valence-corrected chi connectivity index (χ3v) is 4.46. The first kappa shape index (κ1) is 17.9. The van der Waals surface area contributed by atoms with Crippen LogP contribution in [0.15, 0.2) is 26.7 Å². The average Bonchev–Trinajstić information content (AvgIpc) is 2.56. The lowest BCUT2D eigenvalue weighted by Gasteiger charge is -2.09. The number of nitrogens with zero attached hydrogens (tertiary/aromatic N) is 3. The number of pyridine rings is 1. The van der Waals surface area contributed by atoms with Crippen LogP contribution in [0.3, 0.4) is 0 Å². The zero-order valence-electron chi connectivity index (χ0n) is 13.6. The molecule has 0 unspecified atom stereocenters. The molecule has 0 bridgehead atoms. The number of ether oxygens (including phenoxy) is 1. The maximum absolute atomic E-state index is 12.4. The summed E-state index contributed by atoms with van der Waals surface area (Å²) < 4.78 is 7.00. The maximum atomic E-state index is 12.4. The number of hydrogen-bond acceptors (Lipinski definition) is 7. The van der Waals surface area contributed by atoms with E-state index in [0.717, 1.165) is 16.3 Å². The lowest BCUT2D eigenvalue weighted by molar-refractivity contribution is -0.145. The molecule has 0 radical (unpaired) electrons. The monoisotopic (exact) mass is 351 g/mol. The van der Waals surface area contributed by atoms with E-state index in [4.69, 9.17) is 4.74 Å². The Morgan fingerprint density at radius 3 is 2.62 bits per heavy atom. The van der Waals surface area contributed by atoms with Crippen LogP contribution in [0.1, 0.15) is 13.3 Å². The molecule has 2 rings (SSSR count). The fourth-order valence-corrected chi connectivity index (χ4v) is 3.06. The Morgan fingerprint density at radius 2 is 1.96 bits per heavy atom. The van der Waals surface area contributed by atoms with E-state index in [9.17, 15) is 19.2 Å². The molecule has 0 aliphatic carbocycles. The van der Waals surface area contributed by atoms with Gasteiger partial charge in [-0.15, -0.1) is 11.8 Å². The van der Waals surface area contributed by atoms with E-state index in [1.165, 1.54) is 24.9 Å². The van der Waals surface area contributed by atoms with Crippen molar-refractivity contribution in [1.29, 1.82) is 0 Å². The van der Waals surface area contributed by atoms with Crippen LogP contribution in [-0.4, -0.2) is 38.2 Å². The van der Waals surface area contributed by atoms with Gasteiger partial charge in [0.05, 0.1) is 17.7 Å². The second-order valence-electron chi connectivity index (χ2n) is 5.02. The molecular formula is C15H17N3O5S. The second kappa shape index (κ2) is 7.43. The Kier molecular flexibility index (Phi) is 5.55. The number of fused-ring (bicyclic) bond motifs is 1. The average molecular weight is 351 g/mol. The first-order valence-corrected chi connectivity index (χ1v) is 8.20. The minimum Gasteiger partial charge on any atom is -0.466 e. The summed E-state index contributed by atoms with van der Waals surface area (Å²) in [6.45, 7) is 1.89. The molecule has 0 aliphatic heterocycles. The summed E-state index contributed by atoms with van der Waals surface area (Å²) in [5.41, 5.74) is -0.687. The number of Topliss-reactive ketones (excluding diaryl/α,β-unsaturated/α-hetero) is 1. The van der Waals surface area contributed by atoms with Crippen LogP contribution in [-0.2, 0) is 28.4 Å². The molecule has 2 aromatic heterocycles. The fraction of sp³-hybridized carbons (Fsp3) is 0.400. The summed E-state index contributed by atoms with van der Waals surface area (Å²) in [5.74, 6) is -0.852. The van der Waals surface area contributed by atoms with Crippen molar-refractivity contribution in [2.75, 3.05) is 12.4 Å². The van der Waals surface area contributed by atoms with Gasteiger partial charge in [-0.2, -0.15) is 0 Å². The van der Waals surface area contributed by atoms with Crippen LogP contribution in [0, 0.1) is 0 Å². The predicted octanol–water partition coefficient (Wildman–Crippen LogP) is 0.247. The number of carbonyl (C=O) groups is 2. The number of ketones is 1. The molecule has 0 atom stereocenters. The van der Waals surface area contributed by atoms with Crippen LogP contribution in [0.4, 0.5) is 0 Å². The SMILES string of the molecule is CCOC(=O)CC(=O)CSc1ccnc2c1c(=O)n(C)c(=O)n2C. The summed E-state index contributed by atoms with van der Waals surface area (Å²) in [7, 11) is 2.91. The Bertz CT molecular complexity index is 916. The molecule has 0 saturated heterocycles. The molecule has 0 saturated carbocycles. The highest BCUT2D eigenvalue weighted by Gasteiger charge is 2.16. The molecule has 2 aromatic rings. The van der Waals surface area contributed by atoms with Gasteiger partial charge in [0, 0.05) is 25.2 Å². The number of thioether (sulfide) groups is 1. The fourth-order valence-electron chi connectivity index (χ4n) is 2.16. The number of rotatable bonds is 6. The second-order valence-corrected chi connectivity index (χ2v) is 6.04. The molecule has 2 heterocycles. The first-order chi connectivity index (χ1) is 11.4. The van der Waals surface area contributed by atoms with Gasteiger partial charge >= 0.3 is 11.7 Å². The van der Waals surface area contributed by atoms with Crippen LogP contribution in [0.5, 0.6) is 0 Å². The third kappa shape index (κ3) is 3.56. The largest absolute Gasteiger partial charge is 0.466 e. The van der Waals surface area contributed by atoms with Crippen molar-refractivity contribution in [2.45, 2.75) is 18.2 Å². The molecule has 8 nitrogen and oxygen atoms in total. The Labute approximate surface area is 141 Å². The third-order valence-electron chi connectivity index (χ3n) is 3.34. The first-order valence-electron chi connectivity index (χ1n) is 7.21. The van der Waals surface area contributed by atoms with Gasteiger partial charge in [-0.05, 0) is 13.0 Å². The molecule has 128 valence electrons. The molecule has 9 heteroatoms. The van der Waals surface area contributed by atoms with Crippen molar-refractivity contribution in [3.63, 3.8) is 0 Å². The van der Waals surface area contributed by atoms with Crippen LogP contribution >= 0.6 is 11.8 Å². The standard InChI is InChI=1S/C15H17N3O5S/c1-4-23-11(20)7-9(19)8-24-10-5-6-16-13-12(10)14(21)18(3)15(22)17(13)2/h5-6H,4,7-8H2,1-3H3. The lowest BCUT2D eigenvalue weighted by Crippen LogP contribution is -2.37. The molecule has 0 N–H and O–H groups in total. The molecule has 0 aromatic carbocycles. The van der Waals surface area contributed by atoms with Gasteiger partial charge in [-0.3, -0.25) is 23.5 Å². The van der Waals surface area contributed by atoms with Gasteiger partial charge in [0.15, 0.2) is 5.78 Å². The van der Waals surface area contributed by atoms with E-state index in [2.05, 4.69) is 4.98 Å². The van der Waals surface area contributed by atoms with Gasteiger partial charge in [0.25, 0.3) is 5.56 Å². The van der Waals surface area contributed by atoms with Crippen LogP contribution in [0.2, 0.25) is 0 Å². The zero-order valence-corrected chi connectivity index (χ0v) is 14.4. The number of aromatic nitrogens is 3. The summed E-state index contributed by atoms with van der Waals surface area (Å²) in [6, 6.07) is 1.61. The van der Waals surface area contributed by atoms with Crippen molar-refractivity contribution in [3.05, 3.63) is 33.1 Å². The molecule has 0 amide bonds. The predicted molar refractivity (Wildman–Crippen MR) is 89.2 cm³/mol. The minimum atomic E-state index is -0.569. The Morgan fingerprint density at radius 1 is 1.25 bits per heavy atom. The van der Waals surface area contributed by atoms with Crippen molar-refractivity contribution in [1.82, 2.24) is 14.1 Å². The molecule has 0 spiro atoms. The normalized spacial score (nSPS) is 10.8. The number of aryl methyl sites for hydroxylation is 1. The van der Waals surface area contributed by atoms with Gasteiger partial charge in [-0.25, -0.2) is 9.78 Å². The van der Waals surface area contributed by atoms with E-state index in [0.29, 0.717) is 4.90 Å². The highest BCUT2D eigenvalue weighted by Crippen LogP contribution is 2.23. The highest BCUT2D eigenvalue weighted by atomic mass is 32.2. The molecule has 0 fully saturated rings. The van der Waals surface area contributed by atoms with Gasteiger partial charge in [-0.1, -0.05) is 0 Å². The Balaban J connectivity index is 2.31. The summed E-state index contributed by atoms with van der Waals surface area (Å²) in [6.07, 6.45) is 1.17. The summed E-state index contributed by atoms with van der Waals surface area (Å²) >= 11 is 1.13. The van der Waals surface area contributed by atoms with Crippen molar-refractivity contribution >= 4 is 34.5 Å². The highest BCUT2D eigenvalue weighted by molar-refractivity contribution is 8.00. The van der Waals surface area contributed by atoms with Crippen molar-refractivity contribution in [2.24, 2.45) is 14.1 Å². The lowest BCUT2D eigenvalue weighted by atomic mass is 10.3. The summed E-state index contributed by atoms with van der Waals surface area (Å²) in [5, 5.41) is 0.274. The Hall–Kier alpha value is -2.42. The smallest absolute Gasteiger partial charge is 0.332 e. The van der Waals surface area contributed by atoms with E-state index in [-0.39, 0.29) is 35.6 Å². The quantitative estimate of drug-likeness (QED) is 0.418. The summed E-state index contributed by atoms with van der Waals surface area (Å²) in [4.78, 5) is 52.1. The van der Waals surface area contributed by atoms with E-state index < -0.39 is 17.2 Å². The van der Waals surface area contributed by atoms with E-state index in [1.807, 2.05) is 0 Å². The van der Waals surface area contributed by atoms with Gasteiger partial charge in [0.1, 0.15) is 12.1 Å². The zero-order chi connectivity index (χ0) is 17.9. The topological polar surface area (TPSA) is 100 Å². The number of hydrogen-bond donors (Lipinski definition) is 0.